The van der Waals surface area contributed by atoms with Crippen LogP contribution in [0, 0.1) is 5.82 Å². The van der Waals surface area contributed by atoms with E-state index in [1.54, 1.807) is 17.6 Å². The van der Waals surface area contributed by atoms with E-state index in [1.807, 2.05) is 13.0 Å². The Bertz CT molecular complexity index is 1290. The van der Waals surface area contributed by atoms with Gasteiger partial charge >= 0.3 is 5.97 Å². The molecule has 0 spiro atoms. The number of carbonyl (C=O) groups is 2. The van der Waals surface area contributed by atoms with Crippen molar-refractivity contribution in [3.63, 3.8) is 0 Å². The first-order valence-corrected chi connectivity index (χ1v) is 12.9. The molecular weight excluding hydrogens is 515 g/mol. The number of carboxylic acid groups (broad SMARTS) is 1. The van der Waals surface area contributed by atoms with Crippen molar-refractivity contribution in [2.24, 2.45) is 5.73 Å². The van der Waals surface area contributed by atoms with Crippen LogP contribution in [-0.4, -0.2) is 54.9 Å². The maximum atomic E-state index is 14.3. The molecule has 0 saturated heterocycles. The van der Waals surface area contributed by atoms with E-state index >= 15 is 0 Å². The molecule has 202 valence electrons. The average molecular weight is 545 g/mol. The second kappa shape index (κ2) is 12.3. The number of nitrogens with zero attached hydrogens (tertiary/aromatic N) is 1. The second-order valence-electron chi connectivity index (χ2n) is 8.83. The van der Waals surface area contributed by atoms with E-state index < -0.39 is 22.9 Å². The van der Waals surface area contributed by atoms with Gasteiger partial charge in [-0.1, -0.05) is 0 Å². The number of halogens is 1. The van der Waals surface area contributed by atoms with Crippen LogP contribution in [0.1, 0.15) is 34.8 Å². The van der Waals surface area contributed by atoms with Gasteiger partial charge in [0.1, 0.15) is 18.2 Å². The summed E-state index contributed by atoms with van der Waals surface area (Å²) < 4.78 is 31.7. The van der Waals surface area contributed by atoms with E-state index in [2.05, 4.69) is 15.6 Å². The molecule has 4 rings (SSSR count). The van der Waals surface area contributed by atoms with Crippen molar-refractivity contribution in [1.82, 2.24) is 10.3 Å². The number of amides is 1. The predicted octanol–water partition coefficient (Wildman–Crippen LogP) is 3.52. The summed E-state index contributed by atoms with van der Waals surface area (Å²) in [6.07, 6.45) is 2.45. The summed E-state index contributed by atoms with van der Waals surface area (Å²) in [5.41, 5.74) is 6.08. The van der Waals surface area contributed by atoms with Gasteiger partial charge in [-0.3, -0.25) is 4.79 Å². The van der Waals surface area contributed by atoms with Crippen molar-refractivity contribution in [1.29, 1.82) is 0 Å². The van der Waals surface area contributed by atoms with Gasteiger partial charge < -0.3 is 35.7 Å². The number of carboxylic acids is 1. The lowest BCUT2D eigenvalue weighted by molar-refractivity contribution is -0.117. The Morgan fingerprint density at radius 2 is 2.08 bits per heavy atom. The molecule has 3 aromatic rings. The molecule has 1 aliphatic heterocycles. The molecule has 12 heteroatoms. The average Bonchev–Trinajstić information content (AvgIpc) is 3.37. The molecule has 2 aromatic carbocycles. The lowest BCUT2D eigenvalue weighted by Gasteiger charge is -2.37. The number of benzene rings is 2. The first-order chi connectivity index (χ1) is 18.3. The van der Waals surface area contributed by atoms with Crippen LogP contribution in [0.3, 0.4) is 0 Å². The molecule has 0 radical (unpaired) electrons. The van der Waals surface area contributed by atoms with Crippen LogP contribution >= 0.6 is 11.3 Å². The summed E-state index contributed by atoms with van der Waals surface area (Å²) in [7, 11) is 0. The molecule has 1 aliphatic rings. The zero-order valence-corrected chi connectivity index (χ0v) is 21.6. The molecule has 1 atom stereocenters. The van der Waals surface area contributed by atoms with E-state index in [-0.39, 0.29) is 24.7 Å². The van der Waals surface area contributed by atoms with Crippen LogP contribution in [0.2, 0.25) is 0 Å². The predicted molar refractivity (Wildman–Crippen MR) is 140 cm³/mol. The number of aromatic nitrogens is 1. The van der Waals surface area contributed by atoms with Gasteiger partial charge in [-0.25, -0.2) is 14.2 Å². The molecule has 0 fully saturated rings. The van der Waals surface area contributed by atoms with Gasteiger partial charge in [-0.2, -0.15) is 0 Å². The third kappa shape index (κ3) is 6.64. The van der Waals surface area contributed by atoms with E-state index in [4.69, 9.17) is 25.1 Å². The number of anilines is 1. The lowest BCUT2D eigenvalue weighted by Crippen LogP contribution is -2.47. The number of carbonyl (C=O) groups excluding carboxylic acids is 1. The monoisotopic (exact) mass is 544 g/mol. The van der Waals surface area contributed by atoms with Crippen LogP contribution < -0.4 is 25.8 Å². The van der Waals surface area contributed by atoms with Gasteiger partial charge in [0.05, 0.1) is 18.8 Å². The first-order valence-electron chi connectivity index (χ1n) is 12.0. The van der Waals surface area contributed by atoms with Crippen LogP contribution in [0.4, 0.5) is 9.52 Å². The van der Waals surface area contributed by atoms with Gasteiger partial charge in [-0.15, -0.1) is 11.3 Å². The first kappa shape index (κ1) is 27.5. The van der Waals surface area contributed by atoms with Gasteiger partial charge in [0.2, 0.25) is 5.91 Å². The Balaban J connectivity index is 1.63. The van der Waals surface area contributed by atoms with Crippen LogP contribution in [-0.2, 0) is 21.5 Å². The highest BCUT2D eigenvalue weighted by Gasteiger charge is 2.35. The molecule has 0 bridgehead atoms. The summed E-state index contributed by atoms with van der Waals surface area (Å²) in [6, 6.07) is 7.15. The summed E-state index contributed by atoms with van der Waals surface area (Å²) in [5, 5.41) is 17.7. The minimum absolute atomic E-state index is 0.101. The molecule has 1 aromatic heterocycles. The number of hydrogen-bond acceptors (Lipinski definition) is 9. The number of fused-ring (bicyclic) bond motifs is 1. The fourth-order valence-corrected chi connectivity index (χ4v) is 4.81. The molecule has 0 unspecified atom stereocenters. The van der Waals surface area contributed by atoms with Crippen molar-refractivity contribution in [2.45, 2.75) is 25.3 Å². The molecule has 2 heterocycles. The Labute approximate surface area is 222 Å². The molecule has 38 heavy (non-hydrogen) atoms. The van der Waals surface area contributed by atoms with E-state index in [0.717, 1.165) is 23.3 Å². The summed E-state index contributed by atoms with van der Waals surface area (Å²) in [5.74, 6) is -1.68. The standard InChI is InChI=1S/C26H29FN4O6S/c1-26(15-23(32)31-25-29-7-11-38-25)19-14-22(37-17-2-3-18(24(33)34)20(27)13-17)21(12-16(19)4-6-30-26)36-10-9-35-8-5-28/h2-3,7,11-14,30H,4-6,8-10,15,28H2,1H3,(H,33,34)(H,29,31,32)/t26-/m1/s1. The van der Waals surface area contributed by atoms with E-state index in [0.29, 0.717) is 49.4 Å². The normalized spacial score (nSPS) is 16.5. The maximum Gasteiger partial charge on any atom is 0.338 e. The SMILES string of the molecule is C[C@]1(CC(=O)Nc2nccs2)NCCc2cc(OCCOCCN)c(Oc3ccc(C(=O)O)c(F)c3)cc21. The fraction of sp³-hybridized carbons (Fsp3) is 0.346. The zero-order valence-electron chi connectivity index (χ0n) is 20.8. The molecular formula is C26H29FN4O6S. The van der Waals surface area contributed by atoms with Gasteiger partial charge in [0.15, 0.2) is 16.6 Å². The zero-order chi connectivity index (χ0) is 27.1. The number of nitrogens with two attached hydrogens (primary N) is 1. The Hall–Kier alpha value is -3.58. The van der Waals surface area contributed by atoms with E-state index in [1.165, 1.54) is 17.4 Å². The highest BCUT2D eigenvalue weighted by atomic mass is 32.1. The minimum atomic E-state index is -1.37. The number of nitrogens with one attached hydrogen (secondary N) is 2. The maximum absolute atomic E-state index is 14.3. The summed E-state index contributed by atoms with van der Waals surface area (Å²) in [4.78, 5) is 28.1. The van der Waals surface area contributed by atoms with Crippen molar-refractivity contribution in [2.75, 3.05) is 38.2 Å². The Morgan fingerprint density at radius 1 is 1.24 bits per heavy atom. The number of aromatic carboxylic acids is 1. The van der Waals surface area contributed by atoms with Crippen LogP contribution in [0.15, 0.2) is 41.9 Å². The molecule has 10 nitrogen and oxygen atoms in total. The van der Waals surface area contributed by atoms with Crippen molar-refractivity contribution < 1.29 is 33.3 Å². The fourth-order valence-electron chi connectivity index (χ4n) is 4.27. The number of thiazole rings is 1. The Kier molecular flexibility index (Phi) is 8.89. The highest BCUT2D eigenvalue weighted by Crippen LogP contribution is 2.41. The molecule has 5 N–H and O–H groups in total. The minimum Gasteiger partial charge on any atom is -0.487 e. The number of ether oxygens (including phenoxy) is 3. The Morgan fingerprint density at radius 3 is 2.79 bits per heavy atom. The molecule has 0 aliphatic carbocycles. The van der Waals surface area contributed by atoms with Crippen molar-refractivity contribution >= 4 is 28.3 Å². The molecule has 0 saturated carbocycles. The van der Waals surface area contributed by atoms with Crippen LogP contribution in [0.5, 0.6) is 17.2 Å². The second-order valence-corrected chi connectivity index (χ2v) is 9.72. The van der Waals surface area contributed by atoms with Crippen LogP contribution in [0.25, 0.3) is 0 Å². The summed E-state index contributed by atoms with van der Waals surface area (Å²) >= 11 is 1.34. The quantitative estimate of drug-likeness (QED) is 0.252. The summed E-state index contributed by atoms with van der Waals surface area (Å²) in [6.45, 7) is 3.92. The van der Waals surface area contributed by atoms with Crippen molar-refractivity contribution in [3.8, 4) is 17.2 Å². The van der Waals surface area contributed by atoms with Crippen molar-refractivity contribution in [3.05, 3.63) is 64.4 Å². The van der Waals surface area contributed by atoms with E-state index in [9.17, 15) is 14.0 Å². The smallest absolute Gasteiger partial charge is 0.338 e. The largest absolute Gasteiger partial charge is 0.487 e. The third-order valence-electron chi connectivity index (χ3n) is 6.01. The van der Waals surface area contributed by atoms with Gasteiger partial charge in [-0.05, 0) is 48.7 Å². The van der Waals surface area contributed by atoms with Gasteiger partial charge in [0, 0.05) is 42.7 Å². The lowest BCUT2D eigenvalue weighted by atomic mass is 9.81. The number of hydrogen-bond donors (Lipinski definition) is 4. The van der Waals surface area contributed by atoms with Gasteiger partial charge in [0.25, 0.3) is 0 Å². The third-order valence-corrected chi connectivity index (χ3v) is 6.70. The molecule has 1 amide bonds. The topological polar surface area (TPSA) is 145 Å². The highest BCUT2D eigenvalue weighted by molar-refractivity contribution is 7.13. The number of rotatable bonds is 12.